The van der Waals surface area contributed by atoms with Gasteiger partial charge in [-0.3, -0.25) is 0 Å². The van der Waals surface area contributed by atoms with Crippen LogP contribution in [0.4, 0.5) is 4.39 Å². The molecule has 0 aliphatic rings. The Hall–Kier alpha value is -1.27. The summed E-state index contributed by atoms with van der Waals surface area (Å²) in [5, 5.41) is 11.2. The lowest BCUT2D eigenvalue weighted by Gasteiger charge is -2.17. The molecule has 1 N–H and O–H groups in total. The van der Waals surface area contributed by atoms with Crippen LogP contribution in [-0.2, 0) is 7.05 Å². The first-order valence-electron chi connectivity index (χ1n) is 6.13. The minimum Gasteiger partial charge on any atom is -0.310 e. The molecule has 1 aromatic heterocycles. The first-order valence-corrected chi connectivity index (χ1v) is 6.92. The van der Waals surface area contributed by atoms with Crippen molar-refractivity contribution in [1.29, 1.82) is 0 Å². The standard InChI is InChI=1S/C13H16BrFN4/c1-4-16-8(2)10-6-5-9(15)7-11(10)12-13(14)17-18-19(12)3/h5-8,16H,4H2,1-3H3. The van der Waals surface area contributed by atoms with E-state index in [0.717, 1.165) is 23.4 Å². The molecule has 0 radical (unpaired) electrons. The maximum Gasteiger partial charge on any atom is 0.156 e. The number of halogens is 2. The molecule has 1 aromatic carbocycles. The van der Waals surface area contributed by atoms with E-state index in [1.165, 1.54) is 12.1 Å². The minimum absolute atomic E-state index is 0.127. The summed E-state index contributed by atoms with van der Waals surface area (Å²) in [5.74, 6) is -0.268. The predicted molar refractivity (Wildman–Crippen MR) is 76.2 cm³/mol. The summed E-state index contributed by atoms with van der Waals surface area (Å²) in [5.41, 5.74) is 2.60. The van der Waals surface area contributed by atoms with Gasteiger partial charge in [0.05, 0.1) is 0 Å². The van der Waals surface area contributed by atoms with Gasteiger partial charge in [-0.1, -0.05) is 18.2 Å². The molecule has 1 heterocycles. The van der Waals surface area contributed by atoms with Crippen molar-refractivity contribution in [2.45, 2.75) is 19.9 Å². The van der Waals surface area contributed by atoms with Crippen molar-refractivity contribution < 1.29 is 4.39 Å². The third-order valence-electron chi connectivity index (χ3n) is 3.03. The second-order valence-electron chi connectivity index (χ2n) is 4.36. The van der Waals surface area contributed by atoms with Crippen LogP contribution in [0.2, 0.25) is 0 Å². The van der Waals surface area contributed by atoms with Gasteiger partial charge in [0, 0.05) is 18.7 Å². The second-order valence-corrected chi connectivity index (χ2v) is 5.11. The highest BCUT2D eigenvalue weighted by molar-refractivity contribution is 9.10. The molecular weight excluding hydrogens is 311 g/mol. The Morgan fingerprint density at radius 1 is 1.47 bits per heavy atom. The first-order chi connectivity index (χ1) is 9.04. The number of benzene rings is 1. The zero-order valence-electron chi connectivity index (χ0n) is 11.1. The van der Waals surface area contributed by atoms with Crippen molar-refractivity contribution in [2.75, 3.05) is 6.54 Å². The smallest absolute Gasteiger partial charge is 0.156 e. The van der Waals surface area contributed by atoms with E-state index in [1.54, 1.807) is 17.8 Å². The van der Waals surface area contributed by atoms with E-state index in [2.05, 4.69) is 38.5 Å². The maximum atomic E-state index is 13.6. The van der Waals surface area contributed by atoms with Crippen LogP contribution in [0.3, 0.4) is 0 Å². The Morgan fingerprint density at radius 2 is 2.21 bits per heavy atom. The molecule has 0 bridgehead atoms. The van der Waals surface area contributed by atoms with E-state index < -0.39 is 0 Å². The van der Waals surface area contributed by atoms with E-state index >= 15 is 0 Å². The summed E-state index contributed by atoms with van der Waals surface area (Å²) >= 11 is 3.36. The SMILES string of the molecule is CCNC(C)c1ccc(F)cc1-c1c(Br)nnn1C. The largest absolute Gasteiger partial charge is 0.310 e. The molecule has 19 heavy (non-hydrogen) atoms. The third kappa shape index (κ3) is 2.84. The van der Waals surface area contributed by atoms with E-state index in [0.29, 0.717) is 4.60 Å². The highest BCUT2D eigenvalue weighted by Gasteiger charge is 2.18. The molecule has 1 unspecified atom stereocenters. The van der Waals surface area contributed by atoms with Crippen LogP contribution in [0.1, 0.15) is 25.5 Å². The van der Waals surface area contributed by atoms with Crippen LogP contribution >= 0.6 is 15.9 Å². The summed E-state index contributed by atoms with van der Waals surface area (Å²) in [7, 11) is 1.79. The van der Waals surface area contributed by atoms with Crippen molar-refractivity contribution in [3.8, 4) is 11.3 Å². The zero-order chi connectivity index (χ0) is 14.0. The van der Waals surface area contributed by atoms with Gasteiger partial charge in [-0.05, 0) is 47.1 Å². The summed E-state index contributed by atoms with van der Waals surface area (Å²) in [6, 6.07) is 4.93. The fourth-order valence-corrected chi connectivity index (χ4v) is 2.69. The molecule has 102 valence electrons. The molecule has 6 heteroatoms. The number of hydrogen-bond donors (Lipinski definition) is 1. The average Bonchev–Trinajstić information content (AvgIpc) is 2.69. The number of aryl methyl sites for hydroxylation is 1. The van der Waals surface area contributed by atoms with Crippen LogP contribution in [0.5, 0.6) is 0 Å². The van der Waals surface area contributed by atoms with Gasteiger partial charge in [0.2, 0.25) is 0 Å². The van der Waals surface area contributed by atoms with Gasteiger partial charge in [-0.15, -0.1) is 5.10 Å². The molecule has 0 spiro atoms. The summed E-state index contributed by atoms with van der Waals surface area (Å²) < 4.78 is 15.8. The Kier molecular flexibility index (Phi) is 4.31. The molecule has 0 amide bonds. The number of nitrogens with one attached hydrogen (secondary N) is 1. The van der Waals surface area contributed by atoms with Crippen LogP contribution in [0.15, 0.2) is 22.8 Å². The lowest BCUT2D eigenvalue weighted by molar-refractivity contribution is 0.592. The van der Waals surface area contributed by atoms with Gasteiger partial charge in [0.1, 0.15) is 11.5 Å². The highest BCUT2D eigenvalue weighted by Crippen LogP contribution is 2.32. The number of nitrogens with zero attached hydrogens (tertiary/aromatic N) is 3. The van der Waals surface area contributed by atoms with E-state index in [1.807, 2.05) is 6.92 Å². The predicted octanol–water partition coefficient (Wildman–Crippen LogP) is 3.05. The van der Waals surface area contributed by atoms with Crippen LogP contribution in [0, 0.1) is 5.82 Å². The first kappa shape index (κ1) is 14.1. The van der Waals surface area contributed by atoms with Crippen molar-refractivity contribution in [2.24, 2.45) is 7.05 Å². The van der Waals surface area contributed by atoms with Gasteiger partial charge < -0.3 is 5.32 Å². The van der Waals surface area contributed by atoms with Crippen molar-refractivity contribution in [3.05, 3.63) is 34.2 Å². The van der Waals surface area contributed by atoms with E-state index in [-0.39, 0.29) is 11.9 Å². The minimum atomic E-state index is -0.268. The summed E-state index contributed by atoms with van der Waals surface area (Å²) in [6.45, 7) is 4.95. The third-order valence-corrected chi connectivity index (χ3v) is 3.57. The Labute approximate surface area is 120 Å². The summed E-state index contributed by atoms with van der Waals surface area (Å²) in [4.78, 5) is 0. The van der Waals surface area contributed by atoms with Gasteiger partial charge in [-0.25, -0.2) is 9.07 Å². The Balaban J connectivity index is 2.58. The second kappa shape index (κ2) is 5.79. The number of rotatable bonds is 4. The van der Waals surface area contributed by atoms with Gasteiger partial charge >= 0.3 is 0 Å². The molecule has 2 aromatic rings. The number of aromatic nitrogens is 3. The van der Waals surface area contributed by atoms with Crippen molar-refractivity contribution in [3.63, 3.8) is 0 Å². The van der Waals surface area contributed by atoms with Crippen LogP contribution in [0.25, 0.3) is 11.3 Å². The Bertz CT molecular complexity index is 563. The van der Waals surface area contributed by atoms with Gasteiger partial charge in [0.25, 0.3) is 0 Å². The molecular formula is C13H16BrFN4. The van der Waals surface area contributed by atoms with Gasteiger partial charge in [0.15, 0.2) is 4.60 Å². The van der Waals surface area contributed by atoms with E-state index in [4.69, 9.17) is 0 Å². The normalized spacial score (nSPS) is 12.7. The number of hydrogen-bond acceptors (Lipinski definition) is 3. The molecule has 0 saturated heterocycles. The molecule has 0 fully saturated rings. The summed E-state index contributed by atoms with van der Waals surface area (Å²) in [6.07, 6.45) is 0. The van der Waals surface area contributed by atoms with Crippen LogP contribution < -0.4 is 5.32 Å². The topological polar surface area (TPSA) is 42.7 Å². The fourth-order valence-electron chi connectivity index (χ4n) is 2.14. The molecule has 0 saturated carbocycles. The monoisotopic (exact) mass is 326 g/mol. The highest BCUT2D eigenvalue weighted by atomic mass is 79.9. The van der Waals surface area contributed by atoms with Crippen molar-refractivity contribution >= 4 is 15.9 Å². The molecule has 2 rings (SSSR count). The molecule has 4 nitrogen and oxygen atoms in total. The molecule has 1 atom stereocenters. The molecule has 0 aliphatic heterocycles. The average molecular weight is 327 g/mol. The quantitative estimate of drug-likeness (QED) is 0.939. The maximum absolute atomic E-state index is 13.6. The van der Waals surface area contributed by atoms with Crippen LogP contribution in [-0.4, -0.2) is 21.5 Å². The lowest BCUT2D eigenvalue weighted by Crippen LogP contribution is -2.18. The lowest BCUT2D eigenvalue weighted by atomic mass is 9.99. The zero-order valence-corrected chi connectivity index (χ0v) is 12.7. The fraction of sp³-hybridized carbons (Fsp3) is 0.385. The van der Waals surface area contributed by atoms with Gasteiger partial charge in [-0.2, -0.15) is 0 Å². The van der Waals surface area contributed by atoms with Crippen molar-refractivity contribution in [1.82, 2.24) is 20.3 Å². The molecule has 0 aliphatic carbocycles. The van der Waals surface area contributed by atoms with E-state index in [9.17, 15) is 4.39 Å². The Morgan fingerprint density at radius 3 is 2.79 bits per heavy atom.